The summed E-state index contributed by atoms with van der Waals surface area (Å²) >= 11 is 0. The van der Waals surface area contributed by atoms with Gasteiger partial charge in [0.1, 0.15) is 17.3 Å². The third-order valence-electron chi connectivity index (χ3n) is 3.53. The number of rotatable bonds is 5. The molecule has 0 aliphatic rings. The minimum atomic E-state index is -0.458. The van der Waals surface area contributed by atoms with Gasteiger partial charge in [-0.05, 0) is 36.4 Å². The first kappa shape index (κ1) is 16.5. The van der Waals surface area contributed by atoms with E-state index in [9.17, 15) is 9.18 Å². The van der Waals surface area contributed by atoms with Crippen molar-refractivity contribution in [3.05, 3.63) is 60.0 Å². The van der Waals surface area contributed by atoms with Gasteiger partial charge in [0.25, 0.3) is 5.91 Å². The van der Waals surface area contributed by atoms with Gasteiger partial charge in [-0.1, -0.05) is 5.16 Å². The zero-order chi connectivity index (χ0) is 17.8. The fraction of sp³-hybridized carbons (Fsp3) is 0.111. The van der Waals surface area contributed by atoms with Crippen molar-refractivity contribution in [3.63, 3.8) is 0 Å². The van der Waals surface area contributed by atoms with Crippen molar-refractivity contribution < 1.29 is 23.2 Å². The van der Waals surface area contributed by atoms with E-state index < -0.39 is 5.91 Å². The van der Waals surface area contributed by atoms with Crippen LogP contribution in [0.15, 0.2) is 53.1 Å². The van der Waals surface area contributed by atoms with Gasteiger partial charge in [0.15, 0.2) is 11.5 Å². The van der Waals surface area contributed by atoms with Crippen LogP contribution in [0.1, 0.15) is 10.5 Å². The largest absolute Gasteiger partial charge is 0.497 e. The second-order valence-electron chi connectivity index (χ2n) is 5.10. The van der Waals surface area contributed by atoms with Gasteiger partial charge < -0.3 is 19.3 Å². The number of halogens is 1. The van der Waals surface area contributed by atoms with Gasteiger partial charge in [-0.3, -0.25) is 4.79 Å². The molecule has 3 rings (SSSR count). The number of ether oxygens (including phenoxy) is 2. The molecule has 0 aliphatic carbocycles. The van der Waals surface area contributed by atoms with Gasteiger partial charge in [0, 0.05) is 17.7 Å². The van der Waals surface area contributed by atoms with Gasteiger partial charge in [-0.25, -0.2) is 4.39 Å². The molecule has 2 aromatic carbocycles. The molecule has 0 atom stereocenters. The number of carbonyl (C=O) groups is 1. The van der Waals surface area contributed by atoms with E-state index >= 15 is 0 Å². The van der Waals surface area contributed by atoms with Crippen LogP contribution in [0.3, 0.4) is 0 Å². The maximum atomic E-state index is 13.0. The molecule has 0 spiro atoms. The standard InChI is InChI=1S/C18H15FN2O4/c1-23-13-7-8-14(17(9-13)24-2)20-18(22)15-10-16(25-21-15)11-3-5-12(19)6-4-11/h3-10H,1-2H3,(H,20,22). The highest BCUT2D eigenvalue weighted by molar-refractivity contribution is 6.04. The molecule has 128 valence electrons. The van der Waals surface area contributed by atoms with Crippen LogP contribution in [0.25, 0.3) is 11.3 Å². The molecule has 1 amide bonds. The number of anilines is 1. The lowest BCUT2D eigenvalue weighted by Gasteiger charge is -2.10. The van der Waals surface area contributed by atoms with Gasteiger partial charge in [0.2, 0.25) is 0 Å². The van der Waals surface area contributed by atoms with Crippen molar-refractivity contribution in [2.45, 2.75) is 0 Å². The molecule has 1 aromatic heterocycles. The second-order valence-corrected chi connectivity index (χ2v) is 5.10. The van der Waals surface area contributed by atoms with E-state index in [1.807, 2.05) is 0 Å². The molecule has 1 heterocycles. The van der Waals surface area contributed by atoms with E-state index in [-0.39, 0.29) is 11.5 Å². The van der Waals surface area contributed by atoms with E-state index in [1.165, 1.54) is 25.3 Å². The summed E-state index contributed by atoms with van der Waals surface area (Å²) in [6.07, 6.45) is 0. The molecule has 0 saturated carbocycles. The lowest BCUT2D eigenvalue weighted by molar-refractivity contribution is 0.101. The molecule has 7 heteroatoms. The molecule has 25 heavy (non-hydrogen) atoms. The molecular weight excluding hydrogens is 327 g/mol. The number of nitrogens with zero attached hydrogens (tertiary/aromatic N) is 1. The Morgan fingerprint density at radius 1 is 1.08 bits per heavy atom. The van der Waals surface area contributed by atoms with Crippen LogP contribution >= 0.6 is 0 Å². The summed E-state index contributed by atoms with van der Waals surface area (Å²) in [5.74, 6) is 0.616. The predicted octanol–water partition coefficient (Wildman–Crippen LogP) is 3.75. The quantitative estimate of drug-likeness (QED) is 0.764. The molecule has 6 nitrogen and oxygen atoms in total. The Morgan fingerprint density at radius 2 is 1.84 bits per heavy atom. The first-order chi connectivity index (χ1) is 12.1. The molecule has 0 fully saturated rings. The monoisotopic (exact) mass is 342 g/mol. The zero-order valence-electron chi connectivity index (χ0n) is 13.6. The SMILES string of the molecule is COc1ccc(NC(=O)c2cc(-c3ccc(F)cc3)on2)c(OC)c1. The molecule has 0 saturated heterocycles. The molecule has 0 radical (unpaired) electrons. The third-order valence-corrected chi connectivity index (χ3v) is 3.53. The number of benzene rings is 2. The highest BCUT2D eigenvalue weighted by Gasteiger charge is 2.16. The van der Waals surface area contributed by atoms with Crippen molar-refractivity contribution in [2.24, 2.45) is 0 Å². The Balaban J connectivity index is 1.79. The summed E-state index contributed by atoms with van der Waals surface area (Å²) in [6, 6.07) is 12.2. The van der Waals surface area contributed by atoms with Crippen molar-refractivity contribution >= 4 is 11.6 Å². The minimum Gasteiger partial charge on any atom is -0.497 e. The summed E-state index contributed by atoms with van der Waals surface area (Å²) in [4.78, 5) is 12.4. The number of aromatic nitrogens is 1. The first-order valence-corrected chi connectivity index (χ1v) is 7.36. The predicted molar refractivity (Wildman–Crippen MR) is 89.4 cm³/mol. The number of nitrogens with one attached hydrogen (secondary N) is 1. The van der Waals surface area contributed by atoms with Crippen molar-refractivity contribution in [1.82, 2.24) is 5.16 Å². The van der Waals surface area contributed by atoms with Crippen molar-refractivity contribution in [1.29, 1.82) is 0 Å². The summed E-state index contributed by atoms with van der Waals surface area (Å²) < 4.78 is 28.5. The van der Waals surface area contributed by atoms with E-state index in [2.05, 4.69) is 10.5 Å². The average molecular weight is 342 g/mol. The zero-order valence-corrected chi connectivity index (χ0v) is 13.6. The Morgan fingerprint density at radius 3 is 2.52 bits per heavy atom. The van der Waals surface area contributed by atoms with Crippen molar-refractivity contribution in [3.8, 4) is 22.8 Å². The summed E-state index contributed by atoms with van der Waals surface area (Å²) in [5, 5.41) is 6.45. The fourth-order valence-electron chi connectivity index (χ4n) is 2.22. The number of amides is 1. The van der Waals surface area contributed by atoms with Gasteiger partial charge in [-0.2, -0.15) is 0 Å². The maximum Gasteiger partial charge on any atom is 0.277 e. The number of hydrogen-bond donors (Lipinski definition) is 1. The fourth-order valence-corrected chi connectivity index (χ4v) is 2.22. The van der Waals surface area contributed by atoms with Crippen LogP contribution in [-0.4, -0.2) is 25.3 Å². The summed E-state index contributed by atoms with van der Waals surface area (Å²) in [6.45, 7) is 0. The van der Waals surface area contributed by atoms with Crippen LogP contribution in [-0.2, 0) is 0 Å². The van der Waals surface area contributed by atoms with Crippen molar-refractivity contribution in [2.75, 3.05) is 19.5 Å². The van der Waals surface area contributed by atoms with Crippen LogP contribution in [0.4, 0.5) is 10.1 Å². The maximum absolute atomic E-state index is 13.0. The lowest BCUT2D eigenvalue weighted by Crippen LogP contribution is -2.13. The smallest absolute Gasteiger partial charge is 0.277 e. The average Bonchev–Trinajstić information content (AvgIpc) is 3.13. The first-order valence-electron chi connectivity index (χ1n) is 7.36. The summed E-state index contributed by atoms with van der Waals surface area (Å²) in [5.41, 5.74) is 1.19. The molecule has 3 aromatic rings. The van der Waals surface area contributed by atoms with E-state index in [0.29, 0.717) is 28.5 Å². The van der Waals surface area contributed by atoms with E-state index in [4.69, 9.17) is 14.0 Å². The Bertz CT molecular complexity index is 890. The Labute approximate surface area is 143 Å². The molecule has 1 N–H and O–H groups in total. The Hall–Kier alpha value is -3.35. The molecule has 0 aliphatic heterocycles. The van der Waals surface area contributed by atoms with Crippen LogP contribution in [0.5, 0.6) is 11.5 Å². The summed E-state index contributed by atoms with van der Waals surface area (Å²) in [7, 11) is 3.03. The molecule has 0 unspecified atom stereocenters. The molecular formula is C18H15FN2O4. The van der Waals surface area contributed by atoms with Gasteiger partial charge in [-0.15, -0.1) is 0 Å². The number of methoxy groups -OCH3 is 2. The molecule has 0 bridgehead atoms. The second kappa shape index (κ2) is 7.04. The van der Waals surface area contributed by atoms with E-state index in [1.54, 1.807) is 37.4 Å². The highest BCUT2D eigenvalue weighted by Crippen LogP contribution is 2.29. The number of carbonyl (C=O) groups excluding carboxylic acids is 1. The topological polar surface area (TPSA) is 73.6 Å². The Kier molecular flexibility index (Phi) is 4.65. The minimum absolute atomic E-state index is 0.0946. The number of hydrogen-bond acceptors (Lipinski definition) is 5. The third kappa shape index (κ3) is 3.60. The lowest BCUT2D eigenvalue weighted by atomic mass is 10.1. The van der Waals surface area contributed by atoms with Crippen LogP contribution in [0, 0.1) is 5.82 Å². The normalized spacial score (nSPS) is 10.4. The highest BCUT2D eigenvalue weighted by atomic mass is 19.1. The van der Waals surface area contributed by atoms with Gasteiger partial charge in [0.05, 0.1) is 19.9 Å². The van der Waals surface area contributed by atoms with Crippen LogP contribution in [0.2, 0.25) is 0 Å². The van der Waals surface area contributed by atoms with Crippen LogP contribution < -0.4 is 14.8 Å². The van der Waals surface area contributed by atoms with E-state index in [0.717, 1.165) is 0 Å². The van der Waals surface area contributed by atoms with Gasteiger partial charge >= 0.3 is 0 Å².